The molecule has 0 aromatic carbocycles. The molecule has 0 bridgehead atoms. The van der Waals surface area contributed by atoms with Gasteiger partial charge >= 0.3 is 0 Å². The third-order valence-electron chi connectivity index (χ3n) is 2.77. The number of aliphatic hydroxyl groups excluding tert-OH is 6. The van der Waals surface area contributed by atoms with E-state index in [0.29, 0.717) is 13.1 Å². The van der Waals surface area contributed by atoms with Crippen molar-refractivity contribution in [1.29, 1.82) is 0 Å². The number of rotatable bonds is 8. The second-order valence-corrected chi connectivity index (χ2v) is 3.86. The minimum Gasteiger partial charge on any atom is -0.394 e. The summed E-state index contributed by atoms with van der Waals surface area (Å²) in [6.45, 7) is 3.71. The summed E-state index contributed by atoms with van der Waals surface area (Å²) < 4.78 is 0. The van der Waals surface area contributed by atoms with E-state index < -0.39 is 37.3 Å². The van der Waals surface area contributed by atoms with Gasteiger partial charge in [0.2, 0.25) is 0 Å². The Hall–Kier alpha value is -0.280. The standard InChI is InChI=1S/C10H23NO6/c1-3-11(4-2)10(17)9(16)8(15)7(14)6(13)5-12/h6-10,12-17H,3-5H2,1-2H3/t6-,7-,8+,9-,10?/m1/s1. The van der Waals surface area contributed by atoms with Gasteiger partial charge in [0.1, 0.15) is 30.6 Å². The van der Waals surface area contributed by atoms with E-state index in [9.17, 15) is 20.4 Å². The maximum Gasteiger partial charge on any atom is 0.136 e. The van der Waals surface area contributed by atoms with Gasteiger partial charge in [0, 0.05) is 0 Å². The average Bonchev–Trinajstić information content (AvgIpc) is 2.36. The first-order valence-corrected chi connectivity index (χ1v) is 5.65. The van der Waals surface area contributed by atoms with Gasteiger partial charge in [0.15, 0.2) is 0 Å². The van der Waals surface area contributed by atoms with Crippen LogP contribution >= 0.6 is 0 Å². The van der Waals surface area contributed by atoms with Gasteiger partial charge in [-0.3, -0.25) is 4.90 Å². The van der Waals surface area contributed by atoms with E-state index in [1.165, 1.54) is 4.90 Å². The highest BCUT2D eigenvalue weighted by Crippen LogP contribution is 2.11. The lowest BCUT2D eigenvalue weighted by atomic mass is 10.0. The lowest BCUT2D eigenvalue weighted by molar-refractivity contribution is -0.169. The van der Waals surface area contributed by atoms with Gasteiger partial charge < -0.3 is 30.6 Å². The van der Waals surface area contributed by atoms with Gasteiger partial charge in [-0.15, -0.1) is 0 Å². The lowest BCUT2D eigenvalue weighted by Gasteiger charge is -2.33. The molecule has 0 spiro atoms. The fourth-order valence-electron chi connectivity index (χ4n) is 1.53. The Kier molecular flexibility index (Phi) is 7.80. The summed E-state index contributed by atoms with van der Waals surface area (Å²) in [5, 5.41) is 56.0. The fraction of sp³-hybridized carbons (Fsp3) is 1.00. The molecule has 17 heavy (non-hydrogen) atoms. The van der Waals surface area contributed by atoms with Gasteiger partial charge in [-0.25, -0.2) is 0 Å². The van der Waals surface area contributed by atoms with Crippen molar-refractivity contribution >= 4 is 0 Å². The van der Waals surface area contributed by atoms with Gasteiger partial charge in [0.05, 0.1) is 6.61 Å². The molecule has 0 rings (SSSR count). The maximum absolute atomic E-state index is 9.71. The number of nitrogens with zero attached hydrogens (tertiary/aromatic N) is 1. The SMILES string of the molecule is CCN(CC)C(O)[C@H](O)[C@@H](O)[C@H](O)[C@H](O)CO. The van der Waals surface area contributed by atoms with Crippen LogP contribution < -0.4 is 0 Å². The monoisotopic (exact) mass is 253 g/mol. The van der Waals surface area contributed by atoms with E-state index in [1.807, 2.05) is 0 Å². The molecule has 0 aliphatic rings. The molecule has 1 unspecified atom stereocenters. The molecule has 0 aromatic rings. The van der Waals surface area contributed by atoms with Crippen molar-refractivity contribution in [3.05, 3.63) is 0 Å². The van der Waals surface area contributed by atoms with E-state index in [-0.39, 0.29) is 0 Å². The molecule has 0 saturated heterocycles. The van der Waals surface area contributed by atoms with Crippen LogP contribution in [0.25, 0.3) is 0 Å². The summed E-state index contributed by atoms with van der Waals surface area (Å²) in [7, 11) is 0. The molecule has 0 aromatic heterocycles. The topological polar surface area (TPSA) is 125 Å². The zero-order chi connectivity index (χ0) is 13.6. The second kappa shape index (κ2) is 7.93. The maximum atomic E-state index is 9.71. The summed E-state index contributed by atoms with van der Waals surface area (Å²) in [5.74, 6) is 0. The molecule has 0 radical (unpaired) electrons. The third-order valence-corrected chi connectivity index (χ3v) is 2.77. The zero-order valence-corrected chi connectivity index (χ0v) is 10.1. The molecule has 104 valence electrons. The van der Waals surface area contributed by atoms with Crippen molar-refractivity contribution in [3.8, 4) is 0 Å². The Morgan fingerprint density at radius 2 is 1.29 bits per heavy atom. The number of hydrogen-bond acceptors (Lipinski definition) is 7. The Morgan fingerprint density at radius 3 is 1.65 bits per heavy atom. The van der Waals surface area contributed by atoms with Crippen LogP contribution in [0.5, 0.6) is 0 Å². The van der Waals surface area contributed by atoms with Crippen molar-refractivity contribution in [3.63, 3.8) is 0 Å². The van der Waals surface area contributed by atoms with E-state index in [0.717, 1.165) is 0 Å². The van der Waals surface area contributed by atoms with Gasteiger partial charge in [-0.2, -0.15) is 0 Å². The molecule has 7 heteroatoms. The Balaban J connectivity index is 4.51. The summed E-state index contributed by atoms with van der Waals surface area (Å²) in [6.07, 6.45) is -8.01. The molecular weight excluding hydrogens is 230 g/mol. The van der Waals surface area contributed by atoms with Crippen LogP contribution in [0, 0.1) is 0 Å². The molecule has 7 nitrogen and oxygen atoms in total. The van der Waals surface area contributed by atoms with Crippen LogP contribution in [0.1, 0.15) is 13.8 Å². The van der Waals surface area contributed by atoms with E-state index in [2.05, 4.69) is 0 Å². The fourth-order valence-corrected chi connectivity index (χ4v) is 1.53. The smallest absolute Gasteiger partial charge is 0.136 e. The molecule has 6 N–H and O–H groups in total. The van der Waals surface area contributed by atoms with Crippen molar-refractivity contribution < 1.29 is 30.6 Å². The Morgan fingerprint density at radius 1 is 0.824 bits per heavy atom. The average molecular weight is 253 g/mol. The number of aliphatic hydroxyl groups is 6. The van der Waals surface area contributed by atoms with Crippen LogP contribution in [0.3, 0.4) is 0 Å². The summed E-state index contributed by atoms with van der Waals surface area (Å²) in [6, 6.07) is 0. The summed E-state index contributed by atoms with van der Waals surface area (Å²) >= 11 is 0. The third kappa shape index (κ3) is 4.47. The summed E-state index contributed by atoms with van der Waals surface area (Å²) in [5.41, 5.74) is 0. The van der Waals surface area contributed by atoms with E-state index in [1.54, 1.807) is 13.8 Å². The first-order chi connectivity index (χ1) is 7.90. The van der Waals surface area contributed by atoms with Crippen LogP contribution in [0.2, 0.25) is 0 Å². The minimum absolute atomic E-state index is 0.458. The van der Waals surface area contributed by atoms with Crippen molar-refractivity contribution in [1.82, 2.24) is 4.90 Å². The highest BCUT2D eigenvalue weighted by atomic mass is 16.4. The Labute approximate surface area is 101 Å². The minimum atomic E-state index is -1.74. The normalized spacial score (nSPS) is 21.0. The first kappa shape index (κ1) is 16.7. The molecule has 0 aliphatic heterocycles. The summed E-state index contributed by atoms with van der Waals surface area (Å²) in [4.78, 5) is 1.48. The highest BCUT2D eigenvalue weighted by molar-refractivity contribution is 4.84. The molecule has 0 aliphatic carbocycles. The Bertz CT molecular complexity index is 201. The lowest BCUT2D eigenvalue weighted by Crippen LogP contribution is -2.54. The number of likely N-dealkylation sites (N-methyl/N-ethyl adjacent to an activating group) is 1. The van der Waals surface area contributed by atoms with E-state index >= 15 is 0 Å². The van der Waals surface area contributed by atoms with E-state index in [4.69, 9.17) is 10.2 Å². The molecule has 0 fully saturated rings. The largest absolute Gasteiger partial charge is 0.394 e. The first-order valence-electron chi connectivity index (χ1n) is 5.65. The predicted molar refractivity (Wildman–Crippen MR) is 60.0 cm³/mol. The van der Waals surface area contributed by atoms with Crippen LogP contribution in [0.15, 0.2) is 0 Å². The molecule has 0 heterocycles. The predicted octanol–water partition coefficient (Wildman–Crippen LogP) is -2.92. The van der Waals surface area contributed by atoms with Crippen molar-refractivity contribution in [2.45, 2.75) is 44.5 Å². The zero-order valence-electron chi connectivity index (χ0n) is 10.1. The van der Waals surface area contributed by atoms with Crippen LogP contribution in [-0.4, -0.2) is 85.9 Å². The quantitative estimate of drug-likeness (QED) is 0.256. The van der Waals surface area contributed by atoms with Crippen LogP contribution in [0.4, 0.5) is 0 Å². The number of hydrogen-bond donors (Lipinski definition) is 6. The highest BCUT2D eigenvalue weighted by Gasteiger charge is 2.35. The molecule has 0 amide bonds. The second-order valence-electron chi connectivity index (χ2n) is 3.86. The van der Waals surface area contributed by atoms with Gasteiger partial charge in [-0.05, 0) is 13.1 Å². The molecular formula is C10H23NO6. The molecule has 0 saturated carbocycles. The van der Waals surface area contributed by atoms with Crippen LogP contribution in [-0.2, 0) is 0 Å². The van der Waals surface area contributed by atoms with Gasteiger partial charge in [0.25, 0.3) is 0 Å². The van der Waals surface area contributed by atoms with Crippen molar-refractivity contribution in [2.24, 2.45) is 0 Å². The van der Waals surface area contributed by atoms with Gasteiger partial charge in [-0.1, -0.05) is 13.8 Å². The molecule has 5 atom stereocenters. The van der Waals surface area contributed by atoms with Crippen molar-refractivity contribution in [2.75, 3.05) is 19.7 Å².